The Morgan fingerprint density at radius 3 is 2.07 bits per heavy atom. The van der Waals surface area contributed by atoms with Gasteiger partial charge in [0.25, 0.3) is 0 Å². The highest BCUT2D eigenvalue weighted by atomic mass is 16.5. The lowest BCUT2D eigenvalue weighted by atomic mass is 9.99. The molecule has 0 amide bonds. The largest absolute Gasteiger partial charge is 0.497 e. The summed E-state index contributed by atoms with van der Waals surface area (Å²) < 4.78 is 11.2. The van der Waals surface area contributed by atoms with E-state index in [-0.39, 0.29) is 0 Å². The number of anilines is 1. The molecule has 1 N–H and O–H groups in total. The van der Waals surface area contributed by atoms with Gasteiger partial charge in [-0.1, -0.05) is 42.5 Å². The highest BCUT2D eigenvalue weighted by Gasteiger charge is 2.10. The lowest BCUT2D eigenvalue weighted by molar-refractivity contribution is 0.306. The Kier molecular flexibility index (Phi) is 7.28. The van der Waals surface area contributed by atoms with Gasteiger partial charge in [-0.3, -0.25) is 4.99 Å². The number of nitrogens with one attached hydrogen (secondary N) is 1. The third-order valence-electron chi connectivity index (χ3n) is 4.89. The Bertz CT molecular complexity index is 1010. The van der Waals surface area contributed by atoms with E-state index in [0.29, 0.717) is 6.61 Å². The summed E-state index contributed by atoms with van der Waals surface area (Å²) in [6, 6.07) is 26.2. The molecule has 0 heterocycles. The van der Waals surface area contributed by atoms with Crippen LogP contribution in [0.25, 0.3) is 5.57 Å². The van der Waals surface area contributed by atoms with E-state index in [1.807, 2.05) is 68.6 Å². The number of nitrogens with zero attached hydrogens (tertiary/aromatic N) is 1. The number of aliphatic imine (C=N–C) groups is 1. The molecule has 0 saturated heterocycles. The fourth-order valence-corrected chi connectivity index (χ4v) is 3.22. The Morgan fingerprint density at radius 1 is 0.833 bits per heavy atom. The third kappa shape index (κ3) is 5.51. The molecular weight excluding hydrogens is 372 g/mol. The summed E-state index contributed by atoms with van der Waals surface area (Å²) >= 11 is 0. The zero-order chi connectivity index (χ0) is 21.3. The summed E-state index contributed by atoms with van der Waals surface area (Å²) in [5.74, 6) is 1.67. The van der Waals surface area contributed by atoms with Crippen LogP contribution in [0.1, 0.15) is 25.0 Å². The van der Waals surface area contributed by atoms with E-state index >= 15 is 0 Å². The Labute approximate surface area is 178 Å². The monoisotopic (exact) mass is 400 g/mol. The van der Waals surface area contributed by atoms with Gasteiger partial charge < -0.3 is 14.8 Å². The van der Waals surface area contributed by atoms with Gasteiger partial charge in [0.1, 0.15) is 18.1 Å². The van der Waals surface area contributed by atoms with Gasteiger partial charge >= 0.3 is 0 Å². The van der Waals surface area contributed by atoms with E-state index in [2.05, 4.69) is 41.5 Å². The molecule has 0 spiro atoms. The molecule has 0 aliphatic heterocycles. The summed E-state index contributed by atoms with van der Waals surface area (Å²) in [7, 11) is 3.48. The first-order chi connectivity index (χ1) is 14.6. The van der Waals surface area contributed by atoms with Crippen molar-refractivity contribution in [2.75, 3.05) is 19.5 Å². The number of hydrogen-bond donors (Lipinski definition) is 1. The summed E-state index contributed by atoms with van der Waals surface area (Å²) in [5.41, 5.74) is 6.30. The minimum Gasteiger partial charge on any atom is -0.497 e. The molecule has 4 nitrogen and oxygen atoms in total. The van der Waals surface area contributed by atoms with E-state index in [4.69, 9.17) is 9.47 Å². The van der Waals surface area contributed by atoms with Crippen molar-refractivity contribution in [1.29, 1.82) is 0 Å². The molecule has 0 aliphatic rings. The molecule has 3 aromatic rings. The summed E-state index contributed by atoms with van der Waals surface area (Å²) in [6.07, 6.45) is 0. The van der Waals surface area contributed by atoms with E-state index < -0.39 is 0 Å². The van der Waals surface area contributed by atoms with Crippen molar-refractivity contribution in [1.82, 2.24) is 0 Å². The number of allylic oxidation sites excluding steroid dienone is 2. The van der Waals surface area contributed by atoms with Gasteiger partial charge in [-0.2, -0.15) is 0 Å². The fraction of sp³-hybridized carbons (Fsp3) is 0.192. The van der Waals surface area contributed by atoms with Gasteiger partial charge in [-0.05, 0) is 61.4 Å². The summed E-state index contributed by atoms with van der Waals surface area (Å²) in [4.78, 5) is 4.41. The quantitative estimate of drug-likeness (QED) is 0.457. The van der Waals surface area contributed by atoms with Crippen molar-refractivity contribution in [2.45, 2.75) is 20.5 Å². The molecule has 0 unspecified atom stereocenters. The minimum atomic E-state index is 0.556. The molecule has 154 valence electrons. The zero-order valence-corrected chi connectivity index (χ0v) is 18.0. The van der Waals surface area contributed by atoms with Crippen LogP contribution in [0.2, 0.25) is 0 Å². The SMILES string of the molecule is CN=C(C)/C(=C(/C)Nc1ccc(OCc2ccccc2)cc1)c1ccc(OC)cc1. The van der Waals surface area contributed by atoms with Gasteiger partial charge in [0, 0.05) is 29.7 Å². The predicted molar refractivity (Wildman–Crippen MR) is 125 cm³/mol. The molecule has 4 heteroatoms. The second-order valence-corrected chi connectivity index (χ2v) is 6.96. The van der Waals surface area contributed by atoms with Crippen LogP contribution >= 0.6 is 0 Å². The summed E-state index contributed by atoms with van der Waals surface area (Å²) in [6.45, 7) is 4.64. The van der Waals surface area contributed by atoms with Crippen LogP contribution < -0.4 is 14.8 Å². The van der Waals surface area contributed by atoms with Crippen molar-refractivity contribution in [2.24, 2.45) is 4.99 Å². The van der Waals surface area contributed by atoms with Gasteiger partial charge in [0.05, 0.1) is 7.11 Å². The smallest absolute Gasteiger partial charge is 0.119 e. The fourth-order valence-electron chi connectivity index (χ4n) is 3.22. The molecule has 3 rings (SSSR count). The molecule has 3 aromatic carbocycles. The van der Waals surface area contributed by atoms with Crippen molar-refractivity contribution in [3.05, 3.63) is 95.7 Å². The molecular formula is C26H28N2O2. The molecule has 0 aliphatic carbocycles. The Balaban J connectivity index is 1.75. The van der Waals surface area contributed by atoms with Gasteiger partial charge in [-0.25, -0.2) is 0 Å². The average Bonchev–Trinajstić information content (AvgIpc) is 2.79. The maximum absolute atomic E-state index is 5.88. The molecule has 0 atom stereocenters. The highest BCUT2D eigenvalue weighted by Crippen LogP contribution is 2.25. The van der Waals surface area contributed by atoms with Crippen molar-refractivity contribution in [3.8, 4) is 11.5 Å². The maximum atomic E-state index is 5.88. The minimum absolute atomic E-state index is 0.556. The van der Waals surface area contributed by atoms with Crippen molar-refractivity contribution >= 4 is 17.0 Å². The average molecular weight is 401 g/mol. The van der Waals surface area contributed by atoms with E-state index in [1.165, 1.54) is 0 Å². The van der Waals surface area contributed by atoms with E-state index in [9.17, 15) is 0 Å². The molecule has 30 heavy (non-hydrogen) atoms. The Morgan fingerprint density at radius 2 is 1.47 bits per heavy atom. The third-order valence-corrected chi connectivity index (χ3v) is 4.89. The topological polar surface area (TPSA) is 42.9 Å². The van der Waals surface area contributed by atoms with Gasteiger partial charge in [0.15, 0.2) is 0 Å². The lowest BCUT2D eigenvalue weighted by Gasteiger charge is -2.15. The number of ether oxygens (including phenoxy) is 2. The molecule has 0 fully saturated rings. The molecule has 0 aromatic heterocycles. The maximum Gasteiger partial charge on any atom is 0.119 e. The van der Waals surface area contributed by atoms with Crippen LogP contribution in [0.5, 0.6) is 11.5 Å². The van der Waals surface area contributed by atoms with Gasteiger partial charge in [-0.15, -0.1) is 0 Å². The standard InChI is InChI=1S/C26H28N2O2/c1-19(27-3)26(22-10-14-24(29-4)15-11-22)20(2)28-23-12-16-25(17-13-23)30-18-21-8-6-5-7-9-21/h5-17,28H,18H2,1-4H3/b26-20+,27-19?. The summed E-state index contributed by atoms with van der Waals surface area (Å²) in [5, 5.41) is 3.50. The molecule has 0 bridgehead atoms. The normalized spacial score (nSPS) is 12.2. The first-order valence-corrected chi connectivity index (χ1v) is 9.93. The first-order valence-electron chi connectivity index (χ1n) is 9.93. The highest BCUT2D eigenvalue weighted by molar-refractivity contribution is 6.23. The number of benzene rings is 3. The molecule has 0 radical (unpaired) electrons. The number of methoxy groups -OCH3 is 1. The number of hydrogen-bond acceptors (Lipinski definition) is 4. The Hall–Kier alpha value is -3.53. The number of rotatable bonds is 8. The lowest BCUT2D eigenvalue weighted by Crippen LogP contribution is -2.06. The predicted octanol–water partition coefficient (Wildman–Crippen LogP) is 6.21. The van der Waals surface area contributed by atoms with Crippen LogP contribution in [0, 0.1) is 0 Å². The van der Waals surface area contributed by atoms with Crippen LogP contribution in [-0.2, 0) is 6.61 Å². The molecule has 0 saturated carbocycles. The van der Waals surface area contributed by atoms with E-state index in [0.717, 1.165) is 45.3 Å². The zero-order valence-electron chi connectivity index (χ0n) is 18.0. The van der Waals surface area contributed by atoms with Crippen LogP contribution in [0.15, 0.2) is 89.6 Å². The van der Waals surface area contributed by atoms with E-state index in [1.54, 1.807) is 7.11 Å². The first kappa shape index (κ1) is 21.2. The van der Waals surface area contributed by atoms with Crippen LogP contribution in [-0.4, -0.2) is 19.9 Å². The van der Waals surface area contributed by atoms with Crippen LogP contribution in [0.4, 0.5) is 5.69 Å². The van der Waals surface area contributed by atoms with Gasteiger partial charge in [0.2, 0.25) is 0 Å². The second-order valence-electron chi connectivity index (χ2n) is 6.96. The van der Waals surface area contributed by atoms with Crippen molar-refractivity contribution < 1.29 is 9.47 Å². The van der Waals surface area contributed by atoms with Crippen LogP contribution in [0.3, 0.4) is 0 Å². The second kappa shape index (κ2) is 10.3. The van der Waals surface area contributed by atoms with Crippen molar-refractivity contribution in [3.63, 3.8) is 0 Å².